The highest BCUT2D eigenvalue weighted by Crippen LogP contribution is 2.23. The van der Waals surface area contributed by atoms with E-state index in [0.29, 0.717) is 6.42 Å². The number of halogens is 1. The third kappa shape index (κ3) is 2.84. The molecule has 0 saturated carbocycles. The summed E-state index contributed by atoms with van der Waals surface area (Å²) in [5, 5.41) is 8.53. The minimum Gasteiger partial charge on any atom is -0.480 e. The van der Waals surface area contributed by atoms with Crippen molar-refractivity contribution in [2.75, 3.05) is 0 Å². The summed E-state index contributed by atoms with van der Waals surface area (Å²) >= 11 is 3.11. The molecule has 1 N–H and O–H groups in total. The fourth-order valence-electron chi connectivity index (χ4n) is 0.576. The molecule has 54 valence electrons. The topological polar surface area (TPSA) is 37.3 Å². The Morgan fingerprint density at radius 1 is 1.78 bits per heavy atom. The predicted molar refractivity (Wildman–Crippen MR) is 39.9 cm³/mol. The average molecular weight is 195 g/mol. The summed E-state index contributed by atoms with van der Waals surface area (Å²) in [6, 6.07) is 0. The number of aliphatic carboxylic acids is 1. The predicted octanol–water partition coefficient (Wildman–Crippen LogP) is 2.02. The fraction of sp³-hybridized carbons (Fsp3) is 0.833. The van der Waals surface area contributed by atoms with E-state index in [0.717, 1.165) is 6.42 Å². The number of carboxylic acid groups (broad SMARTS) is 1. The van der Waals surface area contributed by atoms with Gasteiger partial charge < -0.3 is 5.11 Å². The summed E-state index contributed by atoms with van der Waals surface area (Å²) in [5.74, 6) is -0.788. The Morgan fingerprint density at radius 2 is 2.22 bits per heavy atom. The first-order chi connectivity index (χ1) is 4.00. The van der Waals surface area contributed by atoms with E-state index >= 15 is 0 Å². The van der Waals surface area contributed by atoms with Gasteiger partial charge in [0.1, 0.15) is 4.32 Å². The summed E-state index contributed by atoms with van der Waals surface area (Å²) < 4.78 is -0.720. The van der Waals surface area contributed by atoms with E-state index < -0.39 is 10.3 Å². The first kappa shape index (κ1) is 8.95. The first-order valence-electron chi connectivity index (χ1n) is 2.93. The molecule has 0 aromatic heterocycles. The summed E-state index contributed by atoms with van der Waals surface area (Å²) in [6.45, 7) is 3.63. The molecule has 0 aromatic carbocycles. The maximum atomic E-state index is 10.4. The van der Waals surface area contributed by atoms with E-state index in [2.05, 4.69) is 15.9 Å². The lowest BCUT2D eigenvalue weighted by molar-refractivity contribution is -0.139. The van der Waals surface area contributed by atoms with Crippen molar-refractivity contribution in [1.29, 1.82) is 0 Å². The molecule has 3 heteroatoms. The van der Waals surface area contributed by atoms with Crippen LogP contribution in [0.25, 0.3) is 0 Å². The smallest absolute Gasteiger partial charge is 0.320 e. The number of hydrogen-bond donors (Lipinski definition) is 1. The maximum absolute atomic E-state index is 10.4. The van der Waals surface area contributed by atoms with Crippen LogP contribution in [0.1, 0.15) is 26.7 Å². The Hall–Kier alpha value is -0.0500. The standard InChI is InChI=1S/C6H11BrO2/c1-3-4-6(2,7)5(8)9/h3-4H2,1-2H3,(H,8,9). The second-order valence-electron chi connectivity index (χ2n) is 2.25. The van der Waals surface area contributed by atoms with Gasteiger partial charge in [-0.25, -0.2) is 0 Å². The Labute approximate surface area is 63.4 Å². The van der Waals surface area contributed by atoms with E-state index in [1.54, 1.807) is 6.92 Å². The van der Waals surface area contributed by atoms with Crippen molar-refractivity contribution in [2.45, 2.75) is 31.0 Å². The van der Waals surface area contributed by atoms with Crippen LogP contribution in [0.5, 0.6) is 0 Å². The largest absolute Gasteiger partial charge is 0.480 e. The Bertz CT molecular complexity index is 110. The van der Waals surface area contributed by atoms with Gasteiger partial charge >= 0.3 is 5.97 Å². The van der Waals surface area contributed by atoms with E-state index in [4.69, 9.17) is 5.11 Å². The Balaban J connectivity index is 3.85. The van der Waals surface area contributed by atoms with E-state index in [9.17, 15) is 4.79 Å². The van der Waals surface area contributed by atoms with E-state index in [1.807, 2.05) is 6.92 Å². The fourth-order valence-corrected chi connectivity index (χ4v) is 0.973. The van der Waals surface area contributed by atoms with Crippen molar-refractivity contribution in [3.8, 4) is 0 Å². The molecule has 0 aliphatic rings. The molecule has 0 aliphatic carbocycles. The maximum Gasteiger partial charge on any atom is 0.320 e. The highest BCUT2D eigenvalue weighted by molar-refractivity contribution is 9.10. The zero-order valence-electron chi connectivity index (χ0n) is 5.65. The molecule has 1 atom stereocenters. The van der Waals surface area contributed by atoms with E-state index in [-0.39, 0.29) is 0 Å². The van der Waals surface area contributed by atoms with Crippen LogP contribution >= 0.6 is 15.9 Å². The number of hydrogen-bond acceptors (Lipinski definition) is 1. The number of carboxylic acids is 1. The summed E-state index contributed by atoms with van der Waals surface area (Å²) in [5.41, 5.74) is 0. The van der Waals surface area contributed by atoms with Gasteiger partial charge in [-0.1, -0.05) is 29.3 Å². The molecule has 0 rings (SSSR count). The van der Waals surface area contributed by atoms with Crippen LogP contribution in [0, 0.1) is 0 Å². The second kappa shape index (κ2) is 3.20. The lowest BCUT2D eigenvalue weighted by atomic mass is 10.1. The van der Waals surface area contributed by atoms with Gasteiger partial charge in [0, 0.05) is 0 Å². The van der Waals surface area contributed by atoms with Gasteiger partial charge in [-0.15, -0.1) is 0 Å². The van der Waals surface area contributed by atoms with Crippen molar-refractivity contribution in [3.05, 3.63) is 0 Å². The summed E-state index contributed by atoms with van der Waals surface area (Å²) in [4.78, 5) is 10.4. The molecule has 0 bridgehead atoms. The number of alkyl halides is 1. The highest BCUT2D eigenvalue weighted by atomic mass is 79.9. The van der Waals surface area contributed by atoms with Gasteiger partial charge in [-0.3, -0.25) is 4.79 Å². The summed E-state index contributed by atoms with van der Waals surface area (Å²) in [7, 11) is 0. The normalized spacial score (nSPS) is 16.8. The lowest BCUT2D eigenvalue weighted by Crippen LogP contribution is -2.27. The quantitative estimate of drug-likeness (QED) is 0.699. The molecule has 1 unspecified atom stereocenters. The van der Waals surface area contributed by atoms with Gasteiger partial charge in [0.2, 0.25) is 0 Å². The zero-order chi connectivity index (χ0) is 7.49. The number of carbonyl (C=O) groups is 1. The zero-order valence-corrected chi connectivity index (χ0v) is 7.23. The van der Waals surface area contributed by atoms with Gasteiger partial charge in [-0.2, -0.15) is 0 Å². The lowest BCUT2D eigenvalue weighted by Gasteiger charge is -2.14. The summed E-state index contributed by atoms with van der Waals surface area (Å²) in [6.07, 6.45) is 1.55. The van der Waals surface area contributed by atoms with Crippen molar-refractivity contribution >= 4 is 21.9 Å². The molecule has 2 nitrogen and oxygen atoms in total. The van der Waals surface area contributed by atoms with Crippen molar-refractivity contribution in [2.24, 2.45) is 0 Å². The average Bonchev–Trinajstić information content (AvgIpc) is 1.65. The van der Waals surface area contributed by atoms with Crippen molar-refractivity contribution < 1.29 is 9.90 Å². The molecule has 0 aromatic rings. The molecule has 0 fully saturated rings. The molecule has 0 radical (unpaired) electrons. The SMILES string of the molecule is CCCC(C)(Br)C(=O)O. The van der Waals surface area contributed by atoms with Crippen molar-refractivity contribution in [3.63, 3.8) is 0 Å². The van der Waals surface area contributed by atoms with Crippen LogP contribution in [0.4, 0.5) is 0 Å². The van der Waals surface area contributed by atoms with Crippen LogP contribution in [-0.4, -0.2) is 15.4 Å². The van der Waals surface area contributed by atoms with Gasteiger partial charge in [-0.05, 0) is 13.3 Å². The Morgan fingerprint density at radius 3 is 2.33 bits per heavy atom. The van der Waals surface area contributed by atoms with E-state index in [1.165, 1.54) is 0 Å². The molecule has 0 amide bonds. The third-order valence-electron chi connectivity index (χ3n) is 1.17. The first-order valence-corrected chi connectivity index (χ1v) is 3.72. The Kier molecular flexibility index (Phi) is 3.18. The van der Waals surface area contributed by atoms with Gasteiger partial charge in [0.25, 0.3) is 0 Å². The highest BCUT2D eigenvalue weighted by Gasteiger charge is 2.27. The van der Waals surface area contributed by atoms with Gasteiger partial charge in [0.15, 0.2) is 0 Å². The molecule has 0 spiro atoms. The van der Waals surface area contributed by atoms with Crippen LogP contribution in [0.15, 0.2) is 0 Å². The third-order valence-corrected chi connectivity index (χ3v) is 1.90. The van der Waals surface area contributed by atoms with Crippen LogP contribution in [0.3, 0.4) is 0 Å². The minimum atomic E-state index is -0.788. The van der Waals surface area contributed by atoms with Crippen LogP contribution < -0.4 is 0 Å². The molecule has 9 heavy (non-hydrogen) atoms. The van der Waals surface area contributed by atoms with Crippen LogP contribution in [-0.2, 0) is 4.79 Å². The monoisotopic (exact) mass is 194 g/mol. The second-order valence-corrected chi connectivity index (χ2v) is 4.00. The molecular weight excluding hydrogens is 184 g/mol. The van der Waals surface area contributed by atoms with Crippen molar-refractivity contribution in [1.82, 2.24) is 0 Å². The number of rotatable bonds is 3. The molecular formula is C6H11BrO2. The molecule has 0 heterocycles. The molecule has 0 saturated heterocycles. The molecule has 0 aliphatic heterocycles. The van der Waals surface area contributed by atoms with Crippen LogP contribution in [0.2, 0.25) is 0 Å². The minimum absolute atomic E-state index is 0.669. The van der Waals surface area contributed by atoms with Gasteiger partial charge in [0.05, 0.1) is 0 Å².